The summed E-state index contributed by atoms with van der Waals surface area (Å²) in [6, 6.07) is 11.4. The number of aryl methyl sites for hydroxylation is 1. The number of nitrogens with zero attached hydrogens (tertiary/aromatic N) is 3. The standard InChI is InChI=1S/C14H10BrN3O/c1-18-13(10(15)8-16-18)14(19)12-7-6-9-4-2-3-5-11(9)17-12/h2-8H,1H3. The van der Waals surface area contributed by atoms with Crippen molar-refractivity contribution in [1.82, 2.24) is 14.8 Å². The van der Waals surface area contributed by atoms with Crippen LogP contribution in [0.4, 0.5) is 0 Å². The van der Waals surface area contributed by atoms with Gasteiger partial charge in [0.05, 0.1) is 16.2 Å². The van der Waals surface area contributed by atoms with Gasteiger partial charge in [0.1, 0.15) is 11.4 Å². The first-order chi connectivity index (χ1) is 9.16. The highest BCUT2D eigenvalue weighted by Crippen LogP contribution is 2.20. The van der Waals surface area contributed by atoms with Crippen molar-refractivity contribution >= 4 is 32.6 Å². The minimum absolute atomic E-state index is 0.141. The molecule has 5 heteroatoms. The average Bonchev–Trinajstić information content (AvgIpc) is 2.77. The van der Waals surface area contributed by atoms with Gasteiger partial charge in [-0.2, -0.15) is 5.10 Å². The van der Waals surface area contributed by atoms with Gasteiger partial charge >= 0.3 is 0 Å². The Hall–Kier alpha value is -2.01. The number of benzene rings is 1. The molecule has 0 radical (unpaired) electrons. The Kier molecular flexibility index (Phi) is 2.91. The molecule has 4 nitrogen and oxygen atoms in total. The SMILES string of the molecule is Cn1ncc(Br)c1C(=O)c1ccc2ccccc2n1. The number of fused-ring (bicyclic) bond motifs is 1. The molecule has 3 rings (SSSR count). The third-order valence-corrected chi connectivity index (χ3v) is 3.52. The van der Waals surface area contributed by atoms with Gasteiger partial charge in [0.2, 0.25) is 5.78 Å². The van der Waals surface area contributed by atoms with E-state index in [4.69, 9.17) is 0 Å². The predicted octanol–water partition coefficient (Wildman–Crippen LogP) is 2.96. The number of halogens is 1. The third-order valence-electron chi connectivity index (χ3n) is 2.94. The number of hydrogen-bond donors (Lipinski definition) is 0. The first-order valence-corrected chi connectivity index (χ1v) is 6.54. The lowest BCUT2D eigenvalue weighted by atomic mass is 10.1. The molecule has 0 aliphatic carbocycles. The molecule has 94 valence electrons. The minimum Gasteiger partial charge on any atom is -0.285 e. The van der Waals surface area contributed by atoms with E-state index in [1.54, 1.807) is 24.0 Å². The van der Waals surface area contributed by atoms with Crippen molar-refractivity contribution in [2.45, 2.75) is 0 Å². The molecule has 0 amide bonds. The van der Waals surface area contributed by atoms with Gasteiger partial charge < -0.3 is 0 Å². The summed E-state index contributed by atoms with van der Waals surface area (Å²) in [6.07, 6.45) is 1.61. The zero-order valence-electron chi connectivity index (χ0n) is 10.2. The fourth-order valence-corrected chi connectivity index (χ4v) is 2.51. The molecule has 0 saturated heterocycles. The number of carbonyl (C=O) groups is 1. The Morgan fingerprint density at radius 3 is 2.74 bits per heavy atom. The summed E-state index contributed by atoms with van der Waals surface area (Å²) in [5.74, 6) is -0.141. The first-order valence-electron chi connectivity index (χ1n) is 5.75. The Balaban J connectivity index is 2.12. The molecule has 0 bridgehead atoms. The number of rotatable bonds is 2. The summed E-state index contributed by atoms with van der Waals surface area (Å²) in [6.45, 7) is 0. The van der Waals surface area contributed by atoms with Crippen molar-refractivity contribution in [3.8, 4) is 0 Å². The van der Waals surface area contributed by atoms with Crippen LogP contribution in [0.2, 0.25) is 0 Å². The van der Waals surface area contributed by atoms with E-state index < -0.39 is 0 Å². The van der Waals surface area contributed by atoms with Crippen molar-refractivity contribution in [3.63, 3.8) is 0 Å². The van der Waals surface area contributed by atoms with E-state index in [1.165, 1.54) is 0 Å². The minimum atomic E-state index is -0.141. The maximum atomic E-state index is 12.4. The van der Waals surface area contributed by atoms with Crippen LogP contribution in [0.15, 0.2) is 47.1 Å². The van der Waals surface area contributed by atoms with E-state index >= 15 is 0 Å². The first kappa shape index (κ1) is 12.0. The molecule has 3 aromatic rings. The van der Waals surface area contributed by atoms with E-state index in [9.17, 15) is 4.79 Å². The van der Waals surface area contributed by atoms with Crippen LogP contribution in [0.1, 0.15) is 16.2 Å². The molecule has 0 spiro atoms. The lowest BCUT2D eigenvalue weighted by molar-refractivity contribution is 0.102. The molecular weight excluding hydrogens is 306 g/mol. The monoisotopic (exact) mass is 315 g/mol. The Morgan fingerprint density at radius 2 is 2.00 bits per heavy atom. The normalized spacial score (nSPS) is 10.8. The summed E-state index contributed by atoms with van der Waals surface area (Å²) in [7, 11) is 1.74. The number of hydrogen-bond acceptors (Lipinski definition) is 3. The number of aromatic nitrogens is 3. The quantitative estimate of drug-likeness (QED) is 0.683. The number of ketones is 1. The van der Waals surface area contributed by atoms with E-state index in [0.717, 1.165) is 10.9 Å². The summed E-state index contributed by atoms with van der Waals surface area (Å²) < 4.78 is 2.22. The molecular formula is C14H10BrN3O. The molecule has 19 heavy (non-hydrogen) atoms. The molecule has 0 fully saturated rings. The molecule has 1 aromatic carbocycles. The van der Waals surface area contributed by atoms with Crippen molar-refractivity contribution in [3.05, 3.63) is 58.5 Å². The van der Waals surface area contributed by atoms with Crippen molar-refractivity contribution in [1.29, 1.82) is 0 Å². The topological polar surface area (TPSA) is 47.8 Å². The van der Waals surface area contributed by atoms with Crippen LogP contribution < -0.4 is 0 Å². The van der Waals surface area contributed by atoms with Gasteiger partial charge in [-0.05, 0) is 28.1 Å². The summed E-state index contributed by atoms with van der Waals surface area (Å²) in [4.78, 5) is 16.8. The largest absolute Gasteiger partial charge is 0.285 e. The molecule has 0 saturated carbocycles. The highest BCUT2D eigenvalue weighted by Gasteiger charge is 2.18. The molecule has 0 aliphatic heterocycles. The maximum absolute atomic E-state index is 12.4. The third kappa shape index (κ3) is 2.06. The van der Waals surface area contributed by atoms with Crippen LogP contribution in [0, 0.1) is 0 Å². The number of carbonyl (C=O) groups excluding carboxylic acids is 1. The Morgan fingerprint density at radius 1 is 1.21 bits per heavy atom. The summed E-state index contributed by atoms with van der Waals surface area (Å²) >= 11 is 3.33. The lowest BCUT2D eigenvalue weighted by Crippen LogP contribution is -2.10. The van der Waals surface area contributed by atoms with Gasteiger partial charge in [0.25, 0.3) is 0 Å². The molecule has 2 heterocycles. The molecule has 2 aromatic heterocycles. The number of para-hydroxylation sites is 1. The second kappa shape index (κ2) is 4.59. The van der Waals surface area contributed by atoms with Crippen LogP contribution in [-0.2, 0) is 7.05 Å². The van der Waals surface area contributed by atoms with Crippen LogP contribution >= 0.6 is 15.9 Å². The second-order valence-electron chi connectivity index (χ2n) is 4.18. The molecule has 0 unspecified atom stereocenters. The average molecular weight is 316 g/mol. The van der Waals surface area contributed by atoms with Crippen LogP contribution in [0.5, 0.6) is 0 Å². The van der Waals surface area contributed by atoms with Crippen molar-refractivity contribution in [2.24, 2.45) is 7.05 Å². The van der Waals surface area contributed by atoms with E-state index in [1.807, 2.05) is 30.3 Å². The van der Waals surface area contributed by atoms with Crippen molar-refractivity contribution < 1.29 is 4.79 Å². The van der Waals surface area contributed by atoms with Gasteiger partial charge in [0, 0.05) is 12.4 Å². The number of pyridine rings is 1. The van der Waals surface area contributed by atoms with Gasteiger partial charge in [-0.25, -0.2) is 4.98 Å². The predicted molar refractivity (Wildman–Crippen MR) is 76.1 cm³/mol. The lowest BCUT2D eigenvalue weighted by Gasteiger charge is -2.03. The van der Waals surface area contributed by atoms with Gasteiger partial charge in [-0.1, -0.05) is 24.3 Å². The van der Waals surface area contributed by atoms with E-state index in [-0.39, 0.29) is 5.78 Å². The fraction of sp³-hybridized carbons (Fsp3) is 0.0714. The zero-order valence-corrected chi connectivity index (χ0v) is 11.8. The van der Waals surface area contributed by atoms with Crippen LogP contribution in [0.3, 0.4) is 0 Å². The molecule has 0 atom stereocenters. The van der Waals surface area contributed by atoms with Gasteiger partial charge in [0.15, 0.2) is 0 Å². The summed E-state index contributed by atoms with van der Waals surface area (Å²) in [5.41, 5.74) is 1.73. The van der Waals surface area contributed by atoms with E-state index in [2.05, 4.69) is 26.0 Å². The van der Waals surface area contributed by atoms with Crippen molar-refractivity contribution in [2.75, 3.05) is 0 Å². The van der Waals surface area contributed by atoms with Gasteiger partial charge in [-0.15, -0.1) is 0 Å². The maximum Gasteiger partial charge on any atom is 0.230 e. The zero-order chi connectivity index (χ0) is 13.4. The van der Waals surface area contributed by atoms with E-state index in [0.29, 0.717) is 15.9 Å². The second-order valence-corrected chi connectivity index (χ2v) is 5.04. The highest BCUT2D eigenvalue weighted by molar-refractivity contribution is 9.10. The Labute approximate surface area is 118 Å². The summed E-state index contributed by atoms with van der Waals surface area (Å²) in [5, 5.41) is 5.06. The highest BCUT2D eigenvalue weighted by atomic mass is 79.9. The van der Waals surface area contributed by atoms with Crippen LogP contribution in [-0.4, -0.2) is 20.5 Å². The van der Waals surface area contributed by atoms with Gasteiger partial charge in [-0.3, -0.25) is 9.48 Å². The molecule has 0 aliphatic rings. The fourth-order valence-electron chi connectivity index (χ4n) is 1.98. The van der Waals surface area contributed by atoms with Crippen LogP contribution in [0.25, 0.3) is 10.9 Å². The smallest absolute Gasteiger partial charge is 0.230 e. The molecule has 0 N–H and O–H groups in total. The Bertz CT molecular complexity index is 760.